The van der Waals surface area contributed by atoms with E-state index in [2.05, 4.69) is 5.32 Å². The predicted octanol–water partition coefficient (Wildman–Crippen LogP) is 2.01. The van der Waals surface area contributed by atoms with Gasteiger partial charge in [0.05, 0.1) is 12.0 Å². The summed E-state index contributed by atoms with van der Waals surface area (Å²) in [6, 6.07) is 3.61. The molecule has 0 aliphatic heterocycles. The molecule has 1 aromatic carbocycles. The summed E-state index contributed by atoms with van der Waals surface area (Å²) in [6.45, 7) is 0. The molecule has 1 fully saturated rings. The van der Waals surface area contributed by atoms with Gasteiger partial charge in [-0.1, -0.05) is 19.3 Å². The number of aromatic hydroxyl groups is 2. The number of carboxylic acids is 1. The number of carboxylic acid groups (broad SMARTS) is 1. The van der Waals surface area contributed by atoms with Gasteiger partial charge in [-0.05, 0) is 25.0 Å². The standard InChI is InChI=1S/C15H19NO5/c17-11-6-10(7-12(18)8-11)14(21)16-15(9-13(19)20)4-2-1-3-5-15/h6-8,17-18H,1-5,9H2,(H,16,21)(H,19,20). The van der Waals surface area contributed by atoms with Crippen molar-refractivity contribution in [3.8, 4) is 11.5 Å². The zero-order valence-electron chi connectivity index (χ0n) is 11.6. The van der Waals surface area contributed by atoms with E-state index in [1.54, 1.807) is 0 Å². The van der Waals surface area contributed by atoms with E-state index in [9.17, 15) is 19.8 Å². The Balaban J connectivity index is 2.19. The van der Waals surface area contributed by atoms with Crippen molar-refractivity contribution in [1.82, 2.24) is 5.32 Å². The average Bonchev–Trinajstić information content (AvgIpc) is 2.37. The first-order valence-electron chi connectivity index (χ1n) is 6.98. The first-order valence-corrected chi connectivity index (χ1v) is 6.98. The van der Waals surface area contributed by atoms with Crippen LogP contribution in [-0.4, -0.2) is 32.7 Å². The van der Waals surface area contributed by atoms with Crippen molar-refractivity contribution in [2.45, 2.75) is 44.1 Å². The van der Waals surface area contributed by atoms with Gasteiger partial charge in [0.2, 0.25) is 0 Å². The fraction of sp³-hybridized carbons (Fsp3) is 0.467. The van der Waals surface area contributed by atoms with E-state index < -0.39 is 17.4 Å². The van der Waals surface area contributed by atoms with Crippen LogP contribution in [0.3, 0.4) is 0 Å². The number of nitrogens with one attached hydrogen (secondary N) is 1. The summed E-state index contributed by atoms with van der Waals surface area (Å²) in [5, 5.41) is 30.7. The van der Waals surface area contributed by atoms with Gasteiger partial charge in [0.15, 0.2) is 0 Å². The lowest BCUT2D eigenvalue weighted by Gasteiger charge is -2.37. The molecule has 114 valence electrons. The Morgan fingerprint density at radius 1 is 1.05 bits per heavy atom. The van der Waals surface area contributed by atoms with Crippen LogP contribution in [-0.2, 0) is 4.79 Å². The molecule has 0 unspecified atom stereocenters. The van der Waals surface area contributed by atoms with Crippen molar-refractivity contribution in [1.29, 1.82) is 0 Å². The number of phenolic OH excluding ortho intramolecular Hbond substituents is 2. The third-order valence-electron chi connectivity index (χ3n) is 3.84. The molecule has 2 rings (SSSR count). The Hall–Kier alpha value is -2.24. The van der Waals surface area contributed by atoms with Crippen molar-refractivity contribution in [3.05, 3.63) is 23.8 Å². The van der Waals surface area contributed by atoms with Crippen LogP contribution in [0.2, 0.25) is 0 Å². The number of hydrogen-bond donors (Lipinski definition) is 4. The van der Waals surface area contributed by atoms with Gasteiger partial charge in [0.25, 0.3) is 5.91 Å². The third-order valence-corrected chi connectivity index (χ3v) is 3.84. The zero-order chi connectivity index (χ0) is 15.5. The Morgan fingerprint density at radius 3 is 2.14 bits per heavy atom. The minimum Gasteiger partial charge on any atom is -0.508 e. The maximum Gasteiger partial charge on any atom is 0.305 e. The molecule has 1 aliphatic rings. The maximum absolute atomic E-state index is 12.3. The second-order valence-corrected chi connectivity index (χ2v) is 5.60. The number of hydrogen-bond acceptors (Lipinski definition) is 4. The largest absolute Gasteiger partial charge is 0.508 e. The van der Waals surface area contributed by atoms with Crippen LogP contribution in [0.1, 0.15) is 48.9 Å². The lowest BCUT2D eigenvalue weighted by Crippen LogP contribution is -2.51. The molecule has 6 heteroatoms. The fourth-order valence-corrected chi connectivity index (χ4v) is 2.90. The quantitative estimate of drug-likeness (QED) is 0.679. The predicted molar refractivity (Wildman–Crippen MR) is 75.3 cm³/mol. The molecular weight excluding hydrogens is 274 g/mol. The molecule has 1 saturated carbocycles. The Morgan fingerprint density at radius 2 is 1.62 bits per heavy atom. The highest BCUT2D eigenvalue weighted by molar-refractivity contribution is 5.95. The van der Waals surface area contributed by atoms with Crippen molar-refractivity contribution >= 4 is 11.9 Å². The molecule has 1 aromatic rings. The summed E-state index contributed by atoms with van der Waals surface area (Å²) in [5.74, 6) is -1.85. The van der Waals surface area contributed by atoms with Crippen LogP contribution in [0.5, 0.6) is 11.5 Å². The molecule has 0 atom stereocenters. The summed E-state index contributed by atoms with van der Waals surface area (Å²) in [6.07, 6.45) is 3.90. The molecule has 21 heavy (non-hydrogen) atoms. The van der Waals surface area contributed by atoms with Crippen LogP contribution in [0.25, 0.3) is 0 Å². The molecule has 0 heterocycles. The number of carbonyl (C=O) groups excluding carboxylic acids is 1. The minimum atomic E-state index is -0.948. The summed E-state index contributed by atoms with van der Waals surface area (Å²) >= 11 is 0. The van der Waals surface area contributed by atoms with Gasteiger partial charge < -0.3 is 20.6 Å². The fourth-order valence-electron chi connectivity index (χ4n) is 2.90. The number of amides is 1. The summed E-state index contributed by atoms with van der Waals surface area (Å²) in [7, 11) is 0. The number of benzene rings is 1. The number of carbonyl (C=O) groups is 2. The first-order chi connectivity index (χ1) is 9.90. The second kappa shape index (κ2) is 6.03. The lowest BCUT2D eigenvalue weighted by molar-refractivity contribution is -0.139. The molecule has 0 radical (unpaired) electrons. The summed E-state index contributed by atoms with van der Waals surface area (Å²) in [4.78, 5) is 23.3. The van der Waals surface area contributed by atoms with Crippen LogP contribution in [0, 0.1) is 0 Å². The van der Waals surface area contributed by atoms with Crippen molar-refractivity contribution in [2.75, 3.05) is 0 Å². The van der Waals surface area contributed by atoms with Crippen molar-refractivity contribution < 1.29 is 24.9 Å². The van der Waals surface area contributed by atoms with Crippen LogP contribution < -0.4 is 5.32 Å². The van der Waals surface area contributed by atoms with Gasteiger partial charge in [0, 0.05) is 11.6 Å². The number of phenols is 2. The molecule has 0 saturated heterocycles. The minimum absolute atomic E-state index is 0.114. The molecule has 0 spiro atoms. The van der Waals surface area contributed by atoms with E-state index in [4.69, 9.17) is 5.11 Å². The summed E-state index contributed by atoms with van der Waals surface area (Å²) < 4.78 is 0. The molecule has 0 bridgehead atoms. The average molecular weight is 293 g/mol. The van der Waals surface area contributed by atoms with Gasteiger partial charge in [0.1, 0.15) is 11.5 Å². The van der Waals surface area contributed by atoms with Crippen LogP contribution in [0.4, 0.5) is 0 Å². The number of aliphatic carboxylic acids is 1. The smallest absolute Gasteiger partial charge is 0.305 e. The summed E-state index contributed by atoms with van der Waals surface area (Å²) in [5.41, 5.74) is -0.634. The van der Waals surface area contributed by atoms with E-state index in [0.29, 0.717) is 12.8 Å². The van der Waals surface area contributed by atoms with Gasteiger partial charge in [-0.2, -0.15) is 0 Å². The highest BCUT2D eigenvalue weighted by atomic mass is 16.4. The molecular formula is C15H19NO5. The topological polar surface area (TPSA) is 107 Å². The van der Waals surface area contributed by atoms with E-state index in [1.165, 1.54) is 12.1 Å². The van der Waals surface area contributed by atoms with E-state index >= 15 is 0 Å². The van der Waals surface area contributed by atoms with Crippen molar-refractivity contribution in [3.63, 3.8) is 0 Å². The first kappa shape index (κ1) is 15.2. The van der Waals surface area contributed by atoms with Gasteiger partial charge in [-0.3, -0.25) is 9.59 Å². The normalized spacial score (nSPS) is 17.1. The Bertz CT molecular complexity index is 529. The molecule has 4 N–H and O–H groups in total. The highest BCUT2D eigenvalue weighted by Crippen LogP contribution is 2.32. The zero-order valence-corrected chi connectivity index (χ0v) is 11.6. The van der Waals surface area contributed by atoms with E-state index in [-0.39, 0.29) is 23.5 Å². The second-order valence-electron chi connectivity index (χ2n) is 5.60. The third kappa shape index (κ3) is 3.87. The molecule has 1 amide bonds. The maximum atomic E-state index is 12.3. The number of rotatable bonds is 4. The highest BCUT2D eigenvalue weighted by Gasteiger charge is 2.36. The van der Waals surface area contributed by atoms with E-state index in [1.807, 2.05) is 0 Å². The van der Waals surface area contributed by atoms with Crippen LogP contribution in [0.15, 0.2) is 18.2 Å². The Kier molecular flexibility index (Phi) is 4.35. The van der Waals surface area contributed by atoms with Crippen LogP contribution >= 0.6 is 0 Å². The lowest BCUT2D eigenvalue weighted by atomic mass is 9.79. The van der Waals surface area contributed by atoms with Gasteiger partial charge in [-0.15, -0.1) is 0 Å². The SMILES string of the molecule is O=C(O)CC1(NC(=O)c2cc(O)cc(O)c2)CCCCC1. The van der Waals surface area contributed by atoms with Gasteiger partial charge >= 0.3 is 5.97 Å². The molecule has 0 aromatic heterocycles. The molecule has 1 aliphatic carbocycles. The monoisotopic (exact) mass is 293 g/mol. The van der Waals surface area contributed by atoms with Crippen molar-refractivity contribution in [2.24, 2.45) is 0 Å². The van der Waals surface area contributed by atoms with E-state index in [0.717, 1.165) is 25.3 Å². The Labute approximate surface area is 122 Å². The molecule has 6 nitrogen and oxygen atoms in total. The van der Waals surface area contributed by atoms with Gasteiger partial charge in [-0.25, -0.2) is 0 Å².